The van der Waals surface area contributed by atoms with E-state index in [1.54, 1.807) is 0 Å². The van der Waals surface area contributed by atoms with Crippen LogP contribution in [0.5, 0.6) is 0 Å². The Labute approximate surface area is 106 Å². The second-order valence-corrected chi connectivity index (χ2v) is 5.98. The fraction of sp³-hybridized carbons (Fsp3) is 0.929. The van der Waals surface area contributed by atoms with Crippen molar-refractivity contribution in [2.75, 3.05) is 13.6 Å². The average Bonchev–Trinajstić information content (AvgIpc) is 3.08. The molecule has 0 aromatic heterocycles. The molecule has 0 amide bonds. The summed E-state index contributed by atoms with van der Waals surface area (Å²) in [6, 6.07) is 3.40. The third kappa shape index (κ3) is 4.29. The Bertz CT molecular complexity index is 278. The van der Waals surface area contributed by atoms with Crippen molar-refractivity contribution in [3.63, 3.8) is 0 Å². The standard InChI is InChI=1S/C14H27N3/c1-11(2)17(9-13-6-7-13)12(3)8-14(4,10-15)16-5/h11-13,16H,6-9H2,1-5H3. The highest BCUT2D eigenvalue weighted by Gasteiger charge is 2.32. The van der Waals surface area contributed by atoms with E-state index < -0.39 is 5.54 Å². The Balaban J connectivity index is 2.57. The van der Waals surface area contributed by atoms with Gasteiger partial charge in [0.15, 0.2) is 0 Å². The largest absolute Gasteiger partial charge is 0.303 e. The van der Waals surface area contributed by atoms with Crippen LogP contribution in [0.3, 0.4) is 0 Å². The first-order chi connectivity index (χ1) is 7.91. The Morgan fingerprint density at radius 2 is 2.00 bits per heavy atom. The van der Waals surface area contributed by atoms with Crippen molar-refractivity contribution in [3.8, 4) is 6.07 Å². The molecule has 2 unspecified atom stereocenters. The zero-order valence-electron chi connectivity index (χ0n) is 12.0. The molecular formula is C14H27N3. The Hall–Kier alpha value is -0.590. The van der Waals surface area contributed by atoms with E-state index in [-0.39, 0.29) is 0 Å². The van der Waals surface area contributed by atoms with Gasteiger partial charge in [0.1, 0.15) is 5.54 Å². The third-order valence-electron chi connectivity index (χ3n) is 3.90. The molecule has 3 nitrogen and oxygen atoms in total. The molecule has 17 heavy (non-hydrogen) atoms. The molecule has 2 atom stereocenters. The fourth-order valence-electron chi connectivity index (χ4n) is 2.41. The van der Waals surface area contributed by atoms with Crippen LogP contribution < -0.4 is 5.32 Å². The first-order valence-corrected chi connectivity index (χ1v) is 6.77. The van der Waals surface area contributed by atoms with Gasteiger partial charge >= 0.3 is 0 Å². The number of hydrogen-bond donors (Lipinski definition) is 1. The van der Waals surface area contributed by atoms with Crippen LogP contribution in [-0.4, -0.2) is 36.1 Å². The molecular weight excluding hydrogens is 210 g/mol. The summed E-state index contributed by atoms with van der Waals surface area (Å²) >= 11 is 0. The normalized spacial score (nSPS) is 21.3. The smallest absolute Gasteiger partial charge is 0.105 e. The number of nitrogens with one attached hydrogen (secondary N) is 1. The molecule has 98 valence electrons. The van der Waals surface area contributed by atoms with Gasteiger partial charge in [0, 0.05) is 18.6 Å². The van der Waals surface area contributed by atoms with Crippen molar-refractivity contribution in [1.29, 1.82) is 5.26 Å². The molecule has 0 radical (unpaired) electrons. The third-order valence-corrected chi connectivity index (χ3v) is 3.90. The lowest BCUT2D eigenvalue weighted by Crippen LogP contribution is -2.48. The van der Waals surface area contributed by atoms with E-state index in [4.69, 9.17) is 0 Å². The predicted molar refractivity (Wildman–Crippen MR) is 71.7 cm³/mol. The number of hydrogen-bond acceptors (Lipinski definition) is 3. The molecule has 0 heterocycles. The van der Waals surface area contributed by atoms with Gasteiger partial charge in [-0.15, -0.1) is 0 Å². The molecule has 1 rings (SSSR count). The molecule has 1 saturated carbocycles. The first kappa shape index (κ1) is 14.5. The fourth-order valence-corrected chi connectivity index (χ4v) is 2.41. The van der Waals surface area contributed by atoms with Crippen molar-refractivity contribution >= 4 is 0 Å². The van der Waals surface area contributed by atoms with Crippen LogP contribution in [0.2, 0.25) is 0 Å². The summed E-state index contributed by atoms with van der Waals surface area (Å²) in [6.07, 6.45) is 3.65. The maximum Gasteiger partial charge on any atom is 0.105 e. The summed E-state index contributed by atoms with van der Waals surface area (Å²) in [5.74, 6) is 0.905. The monoisotopic (exact) mass is 237 g/mol. The van der Waals surface area contributed by atoms with E-state index >= 15 is 0 Å². The van der Waals surface area contributed by atoms with Gasteiger partial charge in [-0.2, -0.15) is 5.26 Å². The highest BCUT2D eigenvalue weighted by Crippen LogP contribution is 2.31. The van der Waals surface area contributed by atoms with Crippen LogP contribution in [0.4, 0.5) is 0 Å². The Kier molecular flexibility index (Phi) is 4.97. The maximum absolute atomic E-state index is 9.22. The van der Waals surface area contributed by atoms with Crippen molar-refractivity contribution in [1.82, 2.24) is 10.2 Å². The average molecular weight is 237 g/mol. The van der Waals surface area contributed by atoms with Crippen LogP contribution in [0.15, 0.2) is 0 Å². The highest BCUT2D eigenvalue weighted by atomic mass is 15.2. The molecule has 0 aromatic rings. The number of rotatable bonds is 7. The van der Waals surface area contributed by atoms with Gasteiger partial charge in [-0.25, -0.2) is 0 Å². The lowest BCUT2D eigenvalue weighted by Gasteiger charge is -2.36. The highest BCUT2D eigenvalue weighted by molar-refractivity contribution is 5.05. The van der Waals surface area contributed by atoms with Crippen LogP contribution in [0.25, 0.3) is 0 Å². The molecule has 0 bridgehead atoms. The topological polar surface area (TPSA) is 39.1 Å². The van der Waals surface area contributed by atoms with Crippen molar-refractivity contribution in [3.05, 3.63) is 0 Å². The van der Waals surface area contributed by atoms with Gasteiger partial charge in [-0.3, -0.25) is 4.90 Å². The minimum atomic E-state index is -0.407. The molecule has 3 heteroatoms. The Morgan fingerprint density at radius 1 is 1.41 bits per heavy atom. The van der Waals surface area contributed by atoms with Gasteiger partial charge in [-0.1, -0.05) is 0 Å². The van der Waals surface area contributed by atoms with Crippen molar-refractivity contribution in [2.45, 2.75) is 64.6 Å². The molecule has 0 aliphatic heterocycles. The van der Waals surface area contributed by atoms with E-state index in [0.717, 1.165) is 12.3 Å². The lowest BCUT2D eigenvalue weighted by atomic mass is 9.94. The van der Waals surface area contributed by atoms with E-state index in [1.807, 2.05) is 14.0 Å². The molecule has 1 aliphatic rings. The van der Waals surface area contributed by atoms with Crippen LogP contribution >= 0.6 is 0 Å². The van der Waals surface area contributed by atoms with Crippen molar-refractivity contribution in [2.24, 2.45) is 5.92 Å². The molecule has 0 saturated heterocycles. The minimum Gasteiger partial charge on any atom is -0.303 e. The summed E-state index contributed by atoms with van der Waals surface area (Å²) in [7, 11) is 1.87. The summed E-state index contributed by atoms with van der Waals surface area (Å²) in [4.78, 5) is 2.55. The van der Waals surface area contributed by atoms with Gasteiger partial charge < -0.3 is 5.32 Å². The van der Waals surface area contributed by atoms with Crippen molar-refractivity contribution < 1.29 is 0 Å². The van der Waals surface area contributed by atoms with E-state index in [9.17, 15) is 5.26 Å². The number of nitrogens with zero attached hydrogens (tertiary/aromatic N) is 2. The zero-order chi connectivity index (χ0) is 13.1. The molecule has 0 aromatic carbocycles. The summed E-state index contributed by atoms with van der Waals surface area (Å²) in [5, 5.41) is 12.4. The van der Waals surface area contributed by atoms with Crippen LogP contribution in [-0.2, 0) is 0 Å². The second-order valence-electron chi connectivity index (χ2n) is 5.98. The van der Waals surface area contributed by atoms with Gasteiger partial charge in [0.25, 0.3) is 0 Å². The SMILES string of the molecule is CNC(C)(C#N)CC(C)N(CC1CC1)C(C)C. The predicted octanol–water partition coefficient (Wildman–Crippen LogP) is 2.39. The van der Waals surface area contributed by atoms with E-state index in [2.05, 4.69) is 37.1 Å². The summed E-state index contributed by atoms with van der Waals surface area (Å²) in [6.45, 7) is 9.93. The minimum absolute atomic E-state index is 0.407. The summed E-state index contributed by atoms with van der Waals surface area (Å²) in [5.41, 5.74) is -0.407. The van der Waals surface area contributed by atoms with Gasteiger partial charge in [0.05, 0.1) is 6.07 Å². The summed E-state index contributed by atoms with van der Waals surface area (Å²) < 4.78 is 0. The molecule has 1 N–H and O–H groups in total. The van der Waals surface area contributed by atoms with Gasteiger partial charge in [-0.05, 0) is 59.9 Å². The molecule has 0 spiro atoms. The van der Waals surface area contributed by atoms with E-state index in [0.29, 0.717) is 12.1 Å². The molecule has 1 aliphatic carbocycles. The zero-order valence-corrected chi connectivity index (χ0v) is 12.0. The first-order valence-electron chi connectivity index (χ1n) is 6.77. The van der Waals surface area contributed by atoms with Gasteiger partial charge in [0.2, 0.25) is 0 Å². The quantitative estimate of drug-likeness (QED) is 0.739. The Morgan fingerprint density at radius 3 is 2.35 bits per heavy atom. The molecule has 1 fully saturated rings. The van der Waals surface area contributed by atoms with E-state index in [1.165, 1.54) is 19.4 Å². The van der Waals surface area contributed by atoms with Crippen LogP contribution in [0, 0.1) is 17.2 Å². The number of nitriles is 1. The maximum atomic E-state index is 9.22. The second kappa shape index (κ2) is 5.84. The lowest BCUT2D eigenvalue weighted by molar-refractivity contribution is 0.134. The van der Waals surface area contributed by atoms with Crippen LogP contribution in [0.1, 0.15) is 47.0 Å².